The largest absolute Gasteiger partial charge is 0.417 e. The molecular weight excluding hydrogens is 343 g/mol. The smallest absolute Gasteiger partial charge is 0.354 e. The van der Waals surface area contributed by atoms with Crippen molar-refractivity contribution in [2.75, 3.05) is 31.1 Å². The number of halogens is 3. The van der Waals surface area contributed by atoms with Crippen LogP contribution in [0.1, 0.15) is 28.9 Å². The van der Waals surface area contributed by atoms with Gasteiger partial charge in [0.25, 0.3) is 0 Å². The Bertz CT molecular complexity index is 767. The van der Waals surface area contributed by atoms with E-state index in [1.54, 1.807) is 6.33 Å². The molecular formula is C18H20F3N5. The standard InChI is InChI=1S/C18H20F3N5/c19-18(20,21)13-4-5-14(22-10-13)11-25-6-8-26(9-7-25)17-15-2-1-3-16(15)23-12-24-17/h4-5,10,12H,1-3,6-9,11H2. The van der Waals surface area contributed by atoms with E-state index in [2.05, 4.69) is 24.8 Å². The Morgan fingerprint density at radius 1 is 0.962 bits per heavy atom. The van der Waals surface area contributed by atoms with Crippen LogP contribution >= 0.6 is 0 Å². The van der Waals surface area contributed by atoms with Crippen LogP contribution in [0.3, 0.4) is 0 Å². The Kier molecular flexibility index (Phi) is 4.52. The molecule has 1 aliphatic heterocycles. The predicted molar refractivity (Wildman–Crippen MR) is 90.8 cm³/mol. The van der Waals surface area contributed by atoms with Gasteiger partial charge in [0.1, 0.15) is 12.1 Å². The van der Waals surface area contributed by atoms with Crippen molar-refractivity contribution in [2.24, 2.45) is 0 Å². The van der Waals surface area contributed by atoms with Crippen molar-refractivity contribution in [3.63, 3.8) is 0 Å². The highest BCUT2D eigenvalue weighted by atomic mass is 19.4. The number of nitrogens with zero attached hydrogens (tertiary/aromatic N) is 5. The van der Waals surface area contributed by atoms with Crippen LogP contribution in [0.2, 0.25) is 0 Å². The van der Waals surface area contributed by atoms with Crippen LogP contribution in [0.4, 0.5) is 19.0 Å². The van der Waals surface area contributed by atoms with Crippen LogP contribution in [0.15, 0.2) is 24.7 Å². The first-order chi connectivity index (χ1) is 12.5. The monoisotopic (exact) mass is 363 g/mol. The first kappa shape index (κ1) is 17.2. The lowest BCUT2D eigenvalue weighted by Crippen LogP contribution is -2.46. The van der Waals surface area contributed by atoms with Crippen LogP contribution in [0, 0.1) is 0 Å². The van der Waals surface area contributed by atoms with Gasteiger partial charge in [-0.05, 0) is 31.4 Å². The molecule has 4 rings (SSSR count). The number of anilines is 1. The summed E-state index contributed by atoms with van der Waals surface area (Å²) in [6.45, 7) is 3.94. The van der Waals surface area contributed by atoms with Gasteiger partial charge in [-0.2, -0.15) is 13.2 Å². The second kappa shape index (κ2) is 6.83. The van der Waals surface area contributed by atoms with E-state index in [1.165, 1.54) is 17.3 Å². The Balaban J connectivity index is 1.36. The van der Waals surface area contributed by atoms with Crippen molar-refractivity contribution in [1.29, 1.82) is 0 Å². The van der Waals surface area contributed by atoms with Crippen LogP contribution < -0.4 is 4.90 Å². The lowest BCUT2D eigenvalue weighted by atomic mass is 10.2. The molecule has 0 N–H and O–H groups in total. The molecule has 0 atom stereocenters. The molecule has 138 valence electrons. The molecule has 0 amide bonds. The maximum absolute atomic E-state index is 12.6. The van der Waals surface area contributed by atoms with E-state index >= 15 is 0 Å². The third-order valence-electron chi connectivity index (χ3n) is 5.06. The van der Waals surface area contributed by atoms with Crippen molar-refractivity contribution >= 4 is 5.82 Å². The van der Waals surface area contributed by atoms with Gasteiger partial charge in [-0.15, -0.1) is 0 Å². The molecule has 1 saturated heterocycles. The molecule has 0 saturated carbocycles. The summed E-state index contributed by atoms with van der Waals surface area (Å²) in [6.07, 6.45) is 1.44. The maximum Gasteiger partial charge on any atom is 0.417 e. The molecule has 8 heteroatoms. The van der Waals surface area contributed by atoms with Gasteiger partial charge in [0.2, 0.25) is 0 Å². The first-order valence-corrected chi connectivity index (χ1v) is 8.83. The Hall–Kier alpha value is -2.22. The van der Waals surface area contributed by atoms with Gasteiger partial charge in [0, 0.05) is 50.2 Å². The highest BCUT2D eigenvalue weighted by Crippen LogP contribution is 2.29. The molecule has 0 bridgehead atoms. The number of pyridine rings is 1. The second-order valence-electron chi connectivity index (χ2n) is 6.78. The van der Waals surface area contributed by atoms with Crippen molar-refractivity contribution in [3.05, 3.63) is 47.2 Å². The number of alkyl halides is 3. The third kappa shape index (κ3) is 3.51. The Morgan fingerprint density at radius 2 is 1.77 bits per heavy atom. The molecule has 2 aromatic heterocycles. The molecule has 1 fully saturated rings. The Morgan fingerprint density at radius 3 is 2.46 bits per heavy atom. The van der Waals surface area contributed by atoms with Gasteiger partial charge in [-0.25, -0.2) is 9.97 Å². The minimum atomic E-state index is -4.34. The fourth-order valence-electron chi connectivity index (χ4n) is 3.65. The molecule has 0 radical (unpaired) electrons. The van der Waals surface area contributed by atoms with Gasteiger partial charge >= 0.3 is 6.18 Å². The van der Waals surface area contributed by atoms with Gasteiger partial charge < -0.3 is 4.90 Å². The number of aromatic nitrogens is 3. The van der Waals surface area contributed by atoms with Crippen molar-refractivity contribution in [2.45, 2.75) is 32.0 Å². The van der Waals surface area contributed by atoms with Crippen molar-refractivity contribution in [3.8, 4) is 0 Å². The van der Waals surface area contributed by atoms with Gasteiger partial charge in [-0.1, -0.05) is 0 Å². The minimum absolute atomic E-state index is 0.563. The Labute approximate surface area is 149 Å². The average molecular weight is 363 g/mol. The van der Waals surface area contributed by atoms with E-state index in [4.69, 9.17) is 0 Å². The lowest BCUT2D eigenvalue weighted by molar-refractivity contribution is -0.137. The van der Waals surface area contributed by atoms with Gasteiger partial charge in [0.15, 0.2) is 0 Å². The summed E-state index contributed by atoms with van der Waals surface area (Å²) >= 11 is 0. The highest BCUT2D eigenvalue weighted by molar-refractivity contribution is 5.50. The molecule has 5 nitrogen and oxygen atoms in total. The van der Waals surface area contributed by atoms with E-state index in [0.29, 0.717) is 12.2 Å². The van der Waals surface area contributed by atoms with Gasteiger partial charge in [-0.3, -0.25) is 9.88 Å². The SMILES string of the molecule is FC(F)(F)c1ccc(CN2CCN(c3ncnc4c3CCC4)CC2)nc1. The highest BCUT2D eigenvalue weighted by Gasteiger charge is 2.31. The maximum atomic E-state index is 12.6. The van der Waals surface area contributed by atoms with Crippen LogP contribution in [-0.4, -0.2) is 46.0 Å². The van der Waals surface area contributed by atoms with Crippen LogP contribution in [-0.2, 0) is 25.6 Å². The predicted octanol–water partition coefficient (Wildman–Crippen LogP) is 2.70. The van der Waals surface area contributed by atoms with E-state index in [1.807, 2.05) is 0 Å². The fourth-order valence-corrected chi connectivity index (χ4v) is 3.65. The van der Waals surface area contributed by atoms with Gasteiger partial charge in [0.05, 0.1) is 11.3 Å². The molecule has 0 aromatic carbocycles. The zero-order chi connectivity index (χ0) is 18.1. The van der Waals surface area contributed by atoms with Crippen LogP contribution in [0.25, 0.3) is 0 Å². The van der Waals surface area contributed by atoms with Crippen molar-refractivity contribution < 1.29 is 13.2 Å². The molecule has 3 heterocycles. The molecule has 0 unspecified atom stereocenters. The molecule has 2 aromatic rings. The van der Waals surface area contributed by atoms with E-state index in [-0.39, 0.29) is 0 Å². The summed E-state index contributed by atoms with van der Waals surface area (Å²) in [7, 11) is 0. The summed E-state index contributed by atoms with van der Waals surface area (Å²) in [5.74, 6) is 1.06. The molecule has 0 spiro atoms. The lowest BCUT2D eigenvalue weighted by Gasteiger charge is -2.36. The fraction of sp³-hybridized carbons (Fsp3) is 0.500. The number of aryl methyl sites for hydroxylation is 1. The molecule has 1 aliphatic carbocycles. The summed E-state index contributed by atoms with van der Waals surface area (Å²) in [5, 5.41) is 0. The number of fused-ring (bicyclic) bond motifs is 1. The quantitative estimate of drug-likeness (QED) is 0.839. The van der Waals surface area contributed by atoms with Crippen LogP contribution in [0.5, 0.6) is 0 Å². The van der Waals surface area contributed by atoms with Crippen molar-refractivity contribution in [1.82, 2.24) is 19.9 Å². The summed E-state index contributed by atoms with van der Waals surface area (Å²) in [5.41, 5.74) is 2.41. The van der Waals surface area contributed by atoms with E-state index in [9.17, 15) is 13.2 Å². The summed E-state index contributed by atoms with van der Waals surface area (Å²) in [6, 6.07) is 2.56. The zero-order valence-corrected chi connectivity index (χ0v) is 14.3. The second-order valence-corrected chi connectivity index (χ2v) is 6.78. The molecule has 2 aliphatic rings. The topological polar surface area (TPSA) is 45.2 Å². The van der Waals surface area contributed by atoms with E-state index < -0.39 is 11.7 Å². The number of rotatable bonds is 3. The minimum Gasteiger partial charge on any atom is -0.354 e. The number of hydrogen-bond acceptors (Lipinski definition) is 5. The normalized spacial score (nSPS) is 18.2. The van der Waals surface area contributed by atoms with E-state index in [0.717, 1.165) is 63.5 Å². The molecule has 26 heavy (non-hydrogen) atoms. The zero-order valence-electron chi connectivity index (χ0n) is 14.3. The number of hydrogen-bond donors (Lipinski definition) is 0. The third-order valence-corrected chi connectivity index (χ3v) is 5.06. The summed E-state index contributed by atoms with van der Waals surface area (Å²) in [4.78, 5) is 17.3. The average Bonchev–Trinajstić information content (AvgIpc) is 3.11. The summed E-state index contributed by atoms with van der Waals surface area (Å²) < 4.78 is 37.8. The first-order valence-electron chi connectivity index (χ1n) is 8.83. The number of piperazine rings is 1.